The van der Waals surface area contributed by atoms with Crippen LogP contribution < -0.4 is 5.30 Å². The lowest BCUT2D eigenvalue weighted by molar-refractivity contribution is -0.124. The van der Waals surface area contributed by atoms with E-state index in [1.807, 2.05) is 22.8 Å². The molecule has 0 saturated heterocycles. The minimum atomic E-state index is -3.25. The molecule has 0 spiro atoms. The number of imidazole rings is 1. The Balaban J connectivity index is 1.24. The van der Waals surface area contributed by atoms with E-state index in [0.717, 1.165) is 36.9 Å². The number of hydrogen-bond donors (Lipinski definition) is 0. The summed E-state index contributed by atoms with van der Waals surface area (Å²) in [5, 5.41) is 0.535. The molecule has 1 saturated carbocycles. The first kappa shape index (κ1) is 23.2. The van der Waals surface area contributed by atoms with Crippen LogP contribution >= 0.6 is 7.60 Å². The number of carbonyl (C=O) groups excluding carboxylic acids is 1. The highest BCUT2D eigenvalue weighted by atomic mass is 31.2. The number of rotatable bonds is 7. The van der Waals surface area contributed by atoms with Crippen molar-refractivity contribution in [2.45, 2.75) is 44.1 Å². The largest absolute Gasteiger partial charge is 0.360 e. The van der Waals surface area contributed by atoms with Gasteiger partial charge in [-0.3, -0.25) is 9.36 Å². The summed E-state index contributed by atoms with van der Waals surface area (Å²) < 4.78 is 39.3. The van der Waals surface area contributed by atoms with E-state index in [1.165, 1.54) is 25.8 Å². The Kier molecular flexibility index (Phi) is 6.28. The van der Waals surface area contributed by atoms with E-state index >= 15 is 0 Å². The quantitative estimate of drug-likeness (QED) is 0.408. The Hall–Kier alpha value is -2.60. The summed E-state index contributed by atoms with van der Waals surface area (Å²) in [7, 11) is -0.499. The van der Waals surface area contributed by atoms with Gasteiger partial charge in [-0.2, -0.15) is 0 Å². The molecule has 178 valence electrons. The molecule has 34 heavy (non-hydrogen) atoms. The van der Waals surface area contributed by atoms with Gasteiger partial charge in [0, 0.05) is 37.7 Å². The van der Waals surface area contributed by atoms with Crippen LogP contribution in [0.3, 0.4) is 0 Å². The first-order valence-corrected chi connectivity index (χ1v) is 13.1. The van der Waals surface area contributed by atoms with E-state index in [1.54, 1.807) is 30.7 Å². The molecular formula is C26H28FN2O4P. The Morgan fingerprint density at radius 2 is 1.79 bits per heavy atom. The van der Waals surface area contributed by atoms with Crippen molar-refractivity contribution in [3.8, 4) is 11.3 Å². The van der Waals surface area contributed by atoms with Crippen molar-refractivity contribution in [3.05, 3.63) is 71.9 Å². The highest BCUT2D eigenvalue weighted by molar-refractivity contribution is 7.62. The third-order valence-corrected chi connectivity index (χ3v) is 9.29. The van der Waals surface area contributed by atoms with Crippen LogP contribution in [0, 0.1) is 11.7 Å². The molecule has 1 unspecified atom stereocenters. The van der Waals surface area contributed by atoms with Gasteiger partial charge in [0.25, 0.3) is 0 Å². The minimum Gasteiger partial charge on any atom is -0.322 e. The fourth-order valence-corrected chi connectivity index (χ4v) is 6.61. The third-order valence-electron chi connectivity index (χ3n) is 7.40. The second-order valence-corrected chi connectivity index (χ2v) is 11.3. The molecule has 0 amide bonds. The zero-order chi connectivity index (χ0) is 23.9. The SMILES string of the molecule is COP(=O)(OC)c1ccc(C2CCC(C(=O)CC3c4c(F)cccc4-c4cncn43)CC2)cc1. The van der Waals surface area contributed by atoms with Gasteiger partial charge in [0.05, 0.1) is 29.6 Å². The zero-order valence-corrected chi connectivity index (χ0v) is 20.2. The second kappa shape index (κ2) is 9.21. The van der Waals surface area contributed by atoms with Gasteiger partial charge in [-0.15, -0.1) is 0 Å². The van der Waals surface area contributed by atoms with Crippen molar-refractivity contribution in [3.63, 3.8) is 0 Å². The molecule has 0 radical (unpaired) electrons. The molecule has 0 N–H and O–H groups in total. The van der Waals surface area contributed by atoms with E-state index in [9.17, 15) is 13.8 Å². The number of fused-ring (bicyclic) bond motifs is 3. The molecule has 1 aromatic heterocycles. The highest BCUT2D eigenvalue weighted by Gasteiger charge is 2.35. The van der Waals surface area contributed by atoms with Crippen LogP contribution in [0.25, 0.3) is 11.3 Å². The van der Waals surface area contributed by atoms with E-state index in [4.69, 9.17) is 9.05 Å². The number of benzene rings is 2. The Morgan fingerprint density at radius 1 is 1.09 bits per heavy atom. The van der Waals surface area contributed by atoms with Crippen molar-refractivity contribution in [2.75, 3.05) is 14.2 Å². The molecular weight excluding hydrogens is 454 g/mol. The van der Waals surface area contributed by atoms with Gasteiger partial charge in [0.2, 0.25) is 0 Å². The lowest BCUT2D eigenvalue weighted by Crippen LogP contribution is -2.24. The fourth-order valence-electron chi connectivity index (χ4n) is 5.52. The van der Waals surface area contributed by atoms with Gasteiger partial charge in [-0.25, -0.2) is 9.37 Å². The summed E-state index contributed by atoms with van der Waals surface area (Å²) in [6.45, 7) is 0. The van der Waals surface area contributed by atoms with E-state index in [2.05, 4.69) is 4.98 Å². The van der Waals surface area contributed by atoms with Crippen LogP contribution in [-0.4, -0.2) is 29.6 Å². The van der Waals surface area contributed by atoms with Crippen molar-refractivity contribution in [1.82, 2.24) is 9.55 Å². The van der Waals surface area contributed by atoms with Gasteiger partial charge in [0.1, 0.15) is 11.6 Å². The summed E-state index contributed by atoms with van der Waals surface area (Å²) in [6.07, 6.45) is 7.16. The van der Waals surface area contributed by atoms with E-state index in [0.29, 0.717) is 16.8 Å². The number of ketones is 1. The predicted octanol–water partition coefficient (Wildman–Crippen LogP) is 5.64. The molecule has 2 aliphatic rings. The molecule has 8 heteroatoms. The average Bonchev–Trinajstić information content (AvgIpc) is 3.47. The number of carbonyl (C=O) groups is 1. The van der Waals surface area contributed by atoms with Crippen LogP contribution in [0.15, 0.2) is 55.0 Å². The molecule has 1 fully saturated rings. The summed E-state index contributed by atoms with van der Waals surface area (Å²) in [6, 6.07) is 12.3. The predicted molar refractivity (Wildman–Crippen MR) is 128 cm³/mol. The average molecular weight is 482 g/mol. The van der Waals surface area contributed by atoms with E-state index in [-0.39, 0.29) is 30.0 Å². The van der Waals surface area contributed by atoms with Gasteiger partial charge in [0.15, 0.2) is 0 Å². The van der Waals surface area contributed by atoms with Crippen LogP contribution in [-0.2, 0) is 18.4 Å². The molecule has 1 atom stereocenters. The van der Waals surface area contributed by atoms with Crippen LogP contribution in [0.1, 0.15) is 55.2 Å². The third kappa shape index (κ3) is 3.96. The smallest absolute Gasteiger partial charge is 0.322 e. The summed E-state index contributed by atoms with van der Waals surface area (Å²) >= 11 is 0. The number of nitrogens with zero attached hydrogens (tertiary/aromatic N) is 2. The van der Waals surface area contributed by atoms with Gasteiger partial charge >= 0.3 is 7.60 Å². The Labute approximate surface area is 198 Å². The Bertz CT molecular complexity index is 1240. The summed E-state index contributed by atoms with van der Waals surface area (Å²) in [4.78, 5) is 17.5. The van der Waals surface area contributed by atoms with Crippen molar-refractivity contribution in [1.29, 1.82) is 0 Å². The van der Waals surface area contributed by atoms with Crippen molar-refractivity contribution < 1.29 is 22.8 Å². The number of Topliss-reactive ketones (excluding diaryl/α,β-unsaturated/α-hetero) is 1. The number of halogens is 1. The standard InChI is InChI=1S/C26H28FN2O4P/c1-32-34(31,33-2)20-12-10-18(11-13-20)17-6-8-19(9-7-17)25(30)14-23-26-21(4-3-5-22(26)27)24-15-28-16-29(23)24/h3-5,10-13,15-17,19,23H,6-9,14H2,1-2H3. The molecule has 2 aromatic carbocycles. The van der Waals surface area contributed by atoms with Gasteiger partial charge < -0.3 is 13.6 Å². The summed E-state index contributed by atoms with van der Waals surface area (Å²) in [5.41, 5.74) is 3.47. The number of aromatic nitrogens is 2. The normalized spacial score (nSPS) is 21.8. The maximum Gasteiger partial charge on any atom is 0.360 e. The minimum absolute atomic E-state index is 0.0134. The molecule has 3 aromatic rings. The monoisotopic (exact) mass is 482 g/mol. The maximum atomic E-state index is 14.7. The molecule has 1 aliphatic heterocycles. The van der Waals surface area contributed by atoms with E-state index < -0.39 is 7.60 Å². The molecule has 0 bridgehead atoms. The lowest BCUT2D eigenvalue weighted by atomic mass is 9.76. The van der Waals surface area contributed by atoms with Crippen molar-refractivity contribution in [2.24, 2.45) is 5.92 Å². The highest BCUT2D eigenvalue weighted by Crippen LogP contribution is 2.46. The Morgan fingerprint density at radius 3 is 2.47 bits per heavy atom. The van der Waals surface area contributed by atoms with Crippen LogP contribution in [0.5, 0.6) is 0 Å². The van der Waals surface area contributed by atoms with Gasteiger partial charge in [-0.05, 0) is 55.4 Å². The zero-order valence-electron chi connectivity index (χ0n) is 19.3. The van der Waals surface area contributed by atoms with Crippen LogP contribution in [0.2, 0.25) is 0 Å². The molecule has 5 rings (SSSR count). The first-order valence-electron chi connectivity index (χ1n) is 11.6. The lowest BCUT2D eigenvalue weighted by Gasteiger charge is -2.29. The summed E-state index contributed by atoms with van der Waals surface area (Å²) in [5.74, 6) is 0.265. The molecule has 6 nitrogen and oxygen atoms in total. The van der Waals surface area contributed by atoms with Gasteiger partial charge in [-0.1, -0.05) is 24.3 Å². The number of hydrogen-bond acceptors (Lipinski definition) is 5. The second-order valence-electron chi connectivity index (χ2n) is 9.08. The molecule has 2 heterocycles. The fraction of sp³-hybridized carbons (Fsp3) is 0.385. The first-order chi connectivity index (χ1) is 16.4. The van der Waals surface area contributed by atoms with Crippen molar-refractivity contribution >= 4 is 18.7 Å². The molecule has 1 aliphatic carbocycles. The van der Waals surface area contributed by atoms with Crippen LogP contribution in [0.4, 0.5) is 4.39 Å². The maximum absolute atomic E-state index is 14.7. The topological polar surface area (TPSA) is 70.4 Å².